The predicted octanol–water partition coefficient (Wildman–Crippen LogP) is 4.42. The van der Waals surface area contributed by atoms with Gasteiger partial charge in [0.2, 0.25) is 0 Å². The molecule has 1 atom stereocenters. The van der Waals surface area contributed by atoms with Crippen LogP contribution in [0, 0.1) is 5.92 Å². The van der Waals surface area contributed by atoms with Crippen LogP contribution in [0.1, 0.15) is 20.8 Å². The molecule has 0 bridgehead atoms. The van der Waals surface area contributed by atoms with Gasteiger partial charge in [-0.3, -0.25) is 0 Å². The van der Waals surface area contributed by atoms with Crippen LogP contribution in [0.15, 0.2) is 18.2 Å². The zero-order valence-corrected chi connectivity index (χ0v) is 10.1. The fraction of sp³-hybridized carbons (Fsp3) is 0.455. The lowest BCUT2D eigenvalue weighted by Gasteiger charge is -2.18. The van der Waals surface area contributed by atoms with Crippen molar-refractivity contribution in [2.24, 2.45) is 5.92 Å². The molecule has 0 aliphatic carbocycles. The molecule has 0 N–H and O–H groups in total. The maximum atomic E-state index is 5.97. The van der Waals surface area contributed by atoms with Gasteiger partial charge in [0.25, 0.3) is 0 Å². The van der Waals surface area contributed by atoms with Crippen molar-refractivity contribution in [2.75, 3.05) is 0 Å². The topological polar surface area (TPSA) is 9.23 Å². The SMILES string of the molecule is CC(C)C(C)Oc1ccc(Cl)cc1Cl. The molecule has 0 radical (unpaired) electrons. The third kappa shape index (κ3) is 3.07. The van der Waals surface area contributed by atoms with E-state index < -0.39 is 0 Å². The molecule has 0 aliphatic heterocycles. The Morgan fingerprint density at radius 1 is 1.14 bits per heavy atom. The first-order chi connectivity index (χ1) is 6.50. The molecule has 1 unspecified atom stereocenters. The first-order valence-corrected chi connectivity index (χ1v) is 5.38. The van der Waals surface area contributed by atoms with E-state index >= 15 is 0 Å². The second-order valence-electron chi connectivity index (χ2n) is 3.64. The summed E-state index contributed by atoms with van der Waals surface area (Å²) in [4.78, 5) is 0. The summed E-state index contributed by atoms with van der Waals surface area (Å²) in [7, 11) is 0. The molecule has 1 nitrogen and oxygen atoms in total. The molecule has 0 heterocycles. The maximum absolute atomic E-state index is 5.97. The zero-order valence-electron chi connectivity index (χ0n) is 8.55. The van der Waals surface area contributed by atoms with Crippen molar-refractivity contribution in [3.8, 4) is 5.75 Å². The van der Waals surface area contributed by atoms with E-state index in [4.69, 9.17) is 27.9 Å². The molecular formula is C11H14Cl2O. The van der Waals surface area contributed by atoms with Gasteiger partial charge in [0.05, 0.1) is 11.1 Å². The summed E-state index contributed by atoms with van der Waals surface area (Å²) in [6.07, 6.45) is 0.147. The average Bonchev–Trinajstić information content (AvgIpc) is 2.09. The Morgan fingerprint density at radius 2 is 1.79 bits per heavy atom. The lowest BCUT2D eigenvalue weighted by atomic mass is 10.1. The van der Waals surface area contributed by atoms with E-state index in [1.165, 1.54) is 0 Å². The van der Waals surface area contributed by atoms with Gasteiger partial charge < -0.3 is 4.74 Å². The number of benzene rings is 1. The van der Waals surface area contributed by atoms with E-state index in [0.29, 0.717) is 21.7 Å². The molecule has 14 heavy (non-hydrogen) atoms. The van der Waals surface area contributed by atoms with Crippen LogP contribution in [0.2, 0.25) is 10.0 Å². The summed E-state index contributed by atoms with van der Waals surface area (Å²) in [5.41, 5.74) is 0. The van der Waals surface area contributed by atoms with Gasteiger partial charge in [-0.2, -0.15) is 0 Å². The molecule has 0 aromatic heterocycles. The molecule has 1 rings (SSSR count). The normalized spacial score (nSPS) is 13.0. The van der Waals surface area contributed by atoms with Gasteiger partial charge in [0.1, 0.15) is 5.75 Å². The fourth-order valence-corrected chi connectivity index (χ4v) is 1.36. The van der Waals surface area contributed by atoms with Gasteiger partial charge in [0.15, 0.2) is 0 Å². The third-order valence-corrected chi connectivity index (χ3v) is 2.68. The fourth-order valence-electron chi connectivity index (χ4n) is 0.907. The molecule has 0 amide bonds. The van der Waals surface area contributed by atoms with E-state index in [1.54, 1.807) is 18.2 Å². The molecule has 78 valence electrons. The van der Waals surface area contributed by atoms with E-state index in [9.17, 15) is 0 Å². The highest BCUT2D eigenvalue weighted by Gasteiger charge is 2.10. The van der Waals surface area contributed by atoms with Crippen molar-refractivity contribution < 1.29 is 4.74 Å². The minimum atomic E-state index is 0.147. The summed E-state index contributed by atoms with van der Waals surface area (Å²) in [5, 5.41) is 1.18. The van der Waals surface area contributed by atoms with Crippen LogP contribution in [-0.2, 0) is 0 Å². The van der Waals surface area contributed by atoms with Gasteiger partial charge in [-0.05, 0) is 31.0 Å². The zero-order chi connectivity index (χ0) is 10.7. The maximum Gasteiger partial charge on any atom is 0.138 e. The van der Waals surface area contributed by atoms with Crippen molar-refractivity contribution in [1.82, 2.24) is 0 Å². The van der Waals surface area contributed by atoms with Crippen molar-refractivity contribution >= 4 is 23.2 Å². The molecule has 0 aliphatic rings. The summed E-state index contributed by atoms with van der Waals surface area (Å²) < 4.78 is 5.67. The summed E-state index contributed by atoms with van der Waals surface area (Å²) in [6.45, 7) is 6.23. The Bertz CT molecular complexity index is 310. The third-order valence-electron chi connectivity index (χ3n) is 2.15. The number of rotatable bonds is 3. The van der Waals surface area contributed by atoms with Crippen molar-refractivity contribution in [2.45, 2.75) is 26.9 Å². The Morgan fingerprint density at radius 3 is 2.29 bits per heavy atom. The number of hydrogen-bond acceptors (Lipinski definition) is 1. The molecule has 3 heteroatoms. The van der Waals surface area contributed by atoms with Crippen molar-refractivity contribution in [1.29, 1.82) is 0 Å². The van der Waals surface area contributed by atoms with Crippen LogP contribution in [-0.4, -0.2) is 6.10 Å². The van der Waals surface area contributed by atoms with E-state index in [2.05, 4.69) is 13.8 Å². The quantitative estimate of drug-likeness (QED) is 0.750. The monoisotopic (exact) mass is 232 g/mol. The van der Waals surface area contributed by atoms with Crippen LogP contribution in [0.4, 0.5) is 0 Å². The Balaban J connectivity index is 2.77. The second-order valence-corrected chi connectivity index (χ2v) is 4.49. The standard InChI is InChI=1S/C11H14Cl2O/c1-7(2)8(3)14-11-5-4-9(12)6-10(11)13/h4-8H,1-3H3. The highest BCUT2D eigenvalue weighted by molar-refractivity contribution is 6.35. The van der Waals surface area contributed by atoms with Crippen LogP contribution in [0.5, 0.6) is 5.75 Å². The van der Waals surface area contributed by atoms with E-state index in [0.717, 1.165) is 0 Å². The Hall–Kier alpha value is -0.400. The first-order valence-electron chi connectivity index (χ1n) is 4.62. The molecule has 1 aromatic rings. The lowest BCUT2D eigenvalue weighted by Crippen LogP contribution is -2.18. The van der Waals surface area contributed by atoms with Crippen LogP contribution in [0.25, 0.3) is 0 Å². The highest BCUT2D eigenvalue weighted by atomic mass is 35.5. The van der Waals surface area contributed by atoms with Gasteiger partial charge in [-0.15, -0.1) is 0 Å². The summed E-state index contributed by atoms with van der Waals surface area (Å²) in [6, 6.07) is 5.25. The Kier molecular flexibility index (Phi) is 4.09. The number of halogens is 2. The number of ether oxygens (including phenoxy) is 1. The largest absolute Gasteiger partial charge is 0.489 e. The molecule has 1 aromatic carbocycles. The van der Waals surface area contributed by atoms with Gasteiger partial charge in [0, 0.05) is 5.02 Å². The van der Waals surface area contributed by atoms with Gasteiger partial charge in [-0.25, -0.2) is 0 Å². The smallest absolute Gasteiger partial charge is 0.138 e. The minimum Gasteiger partial charge on any atom is -0.489 e. The molecule has 0 fully saturated rings. The van der Waals surface area contributed by atoms with Crippen LogP contribution >= 0.6 is 23.2 Å². The molecule has 0 saturated carbocycles. The van der Waals surface area contributed by atoms with Crippen molar-refractivity contribution in [3.05, 3.63) is 28.2 Å². The predicted molar refractivity (Wildman–Crippen MR) is 61.4 cm³/mol. The van der Waals surface area contributed by atoms with Gasteiger partial charge >= 0.3 is 0 Å². The molecular weight excluding hydrogens is 219 g/mol. The van der Waals surface area contributed by atoms with Crippen LogP contribution in [0.3, 0.4) is 0 Å². The van der Waals surface area contributed by atoms with Gasteiger partial charge in [-0.1, -0.05) is 37.0 Å². The minimum absolute atomic E-state index is 0.147. The Labute approximate surface area is 95.0 Å². The highest BCUT2D eigenvalue weighted by Crippen LogP contribution is 2.29. The average molecular weight is 233 g/mol. The molecule has 0 spiro atoms. The van der Waals surface area contributed by atoms with Crippen LogP contribution < -0.4 is 4.74 Å². The first kappa shape index (κ1) is 11.7. The second kappa shape index (κ2) is 4.90. The summed E-state index contributed by atoms with van der Waals surface area (Å²) >= 11 is 11.7. The summed E-state index contributed by atoms with van der Waals surface area (Å²) in [5.74, 6) is 1.15. The van der Waals surface area contributed by atoms with Crippen molar-refractivity contribution in [3.63, 3.8) is 0 Å². The number of hydrogen-bond donors (Lipinski definition) is 0. The van der Waals surface area contributed by atoms with E-state index in [1.807, 2.05) is 6.92 Å². The van der Waals surface area contributed by atoms with E-state index in [-0.39, 0.29) is 6.10 Å². The molecule has 0 saturated heterocycles. The lowest BCUT2D eigenvalue weighted by molar-refractivity contribution is 0.170.